The predicted molar refractivity (Wildman–Crippen MR) is 122 cm³/mol. The maximum atomic E-state index is 13.1. The number of ether oxygens (including phenoxy) is 1. The van der Waals surface area contributed by atoms with Crippen LogP contribution in [0.15, 0.2) is 88.5 Å². The third-order valence-corrected chi connectivity index (χ3v) is 5.43. The Hall–Kier alpha value is -3.29. The third-order valence-electron chi connectivity index (χ3n) is 4.40. The molecular formula is C23H18ClN3O3S. The number of rotatable bonds is 7. The van der Waals surface area contributed by atoms with Crippen molar-refractivity contribution in [2.45, 2.75) is 5.22 Å². The Morgan fingerprint density at radius 3 is 2.26 bits per heavy atom. The number of aromatic nitrogens is 2. The smallest absolute Gasteiger partial charge is 0.277 e. The van der Waals surface area contributed by atoms with E-state index in [1.54, 1.807) is 30.2 Å². The molecule has 1 aromatic heterocycles. The van der Waals surface area contributed by atoms with Crippen molar-refractivity contribution in [1.82, 2.24) is 10.2 Å². The monoisotopic (exact) mass is 451 g/mol. The molecule has 0 aliphatic rings. The maximum absolute atomic E-state index is 13.1. The minimum atomic E-state index is -0.109. The lowest BCUT2D eigenvalue weighted by atomic mass is 10.2. The summed E-state index contributed by atoms with van der Waals surface area (Å²) in [6.07, 6.45) is 0. The van der Waals surface area contributed by atoms with Gasteiger partial charge >= 0.3 is 0 Å². The molecule has 0 radical (unpaired) electrons. The van der Waals surface area contributed by atoms with Crippen molar-refractivity contribution in [3.05, 3.63) is 83.9 Å². The molecule has 6 nitrogen and oxygen atoms in total. The van der Waals surface area contributed by atoms with Gasteiger partial charge in [0.25, 0.3) is 11.1 Å². The van der Waals surface area contributed by atoms with E-state index in [-0.39, 0.29) is 22.8 Å². The molecule has 3 aromatic carbocycles. The standard InChI is InChI=1S/C23H18ClN3O3S/c1-29-20-13-12-16(24)14-19(20)22-25-26-23(30-22)31-15-21(28)27(17-8-4-2-5-9-17)18-10-6-3-7-11-18/h2-14H,15H2,1H3. The van der Waals surface area contributed by atoms with Crippen LogP contribution in [0, 0.1) is 0 Å². The molecule has 4 rings (SSSR count). The molecule has 0 fully saturated rings. The van der Waals surface area contributed by atoms with Gasteiger partial charge in [-0.2, -0.15) is 0 Å². The van der Waals surface area contributed by atoms with Crippen LogP contribution in [0.2, 0.25) is 5.02 Å². The Morgan fingerprint density at radius 1 is 1.00 bits per heavy atom. The lowest BCUT2D eigenvalue weighted by molar-refractivity contribution is -0.115. The number of benzene rings is 3. The lowest BCUT2D eigenvalue weighted by Gasteiger charge is -2.22. The summed E-state index contributed by atoms with van der Waals surface area (Å²) in [7, 11) is 1.55. The van der Waals surface area contributed by atoms with Crippen LogP contribution in [-0.2, 0) is 4.79 Å². The number of hydrogen-bond acceptors (Lipinski definition) is 6. The minimum Gasteiger partial charge on any atom is -0.496 e. The number of para-hydroxylation sites is 2. The van der Waals surface area contributed by atoms with Crippen molar-refractivity contribution in [1.29, 1.82) is 0 Å². The van der Waals surface area contributed by atoms with Crippen molar-refractivity contribution in [2.24, 2.45) is 0 Å². The van der Waals surface area contributed by atoms with E-state index in [0.29, 0.717) is 16.3 Å². The van der Waals surface area contributed by atoms with Crippen LogP contribution in [0.25, 0.3) is 11.5 Å². The zero-order valence-corrected chi connectivity index (χ0v) is 18.1. The highest BCUT2D eigenvalue weighted by Crippen LogP contribution is 2.33. The van der Waals surface area contributed by atoms with Crippen molar-refractivity contribution < 1.29 is 13.9 Å². The Morgan fingerprint density at radius 2 is 1.65 bits per heavy atom. The van der Waals surface area contributed by atoms with Crippen LogP contribution in [-0.4, -0.2) is 29.0 Å². The molecule has 31 heavy (non-hydrogen) atoms. The van der Waals surface area contributed by atoms with Crippen molar-refractivity contribution in [3.8, 4) is 17.2 Å². The quantitative estimate of drug-likeness (QED) is 0.328. The molecule has 1 heterocycles. The summed E-state index contributed by atoms with van der Waals surface area (Å²) in [5.41, 5.74) is 2.17. The minimum absolute atomic E-state index is 0.109. The van der Waals surface area contributed by atoms with Gasteiger partial charge in [0.05, 0.1) is 18.4 Å². The predicted octanol–water partition coefficient (Wildman–Crippen LogP) is 5.86. The van der Waals surface area contributed by atoms with Crippen molar-refractivity contribution in [2.75, 3.05) is 17.8 Å². The van der Waals surface area contributed by atoms with Gasteiger partial charge < -0.3 is 9.15 Å². The Kier molecular flexibility index (Phi) is 6.54. The summed E-state index contributed by atoms with van der Waals surface area (Å²) in [5.74, 6) is 0.859. The van der Waals surface area contributed by atoms with Gasteiger partial charge in [0.1, 0.15) is 5.75 Å². The fraction of sp³-hybridized carbons (Fsp3) is 0.0870. The molecule has 0 bridgehead atoms. The summed E-state index contributed by atoms with van der Waals surface area (Å²) in [4.78, 5) is 14.8. The maximum Gasteiger partial charge on any atom is 0.277 e. The molecule has 4 aromatic rings. The molecule has 0 spiro atoms. The first kappa shape index (κ1) is 21.0. The normalized spacial score (nSPS) is 10.6. The number of anilines is 2. The second-order valence-corrected chi connectivity index (χ2v) is 7.77. The molecule has 0 unspecified atom stereocenters. The van der Waals surface area contributed by atoms with Crippen LogP contribution < -0.4 is 9.64 Å². The van der Waals surface area contributed by atoms with Gasteiger partial charge in [-0.05, 0) is 42.5 Å². The average molecular weight is 452 g/mol. The Labute approximate surface area is 188 Å². The highest BCUT2D eigenvalue weighted by Gasteiger charge is 2.20. The first-order chi connectivity index (χ1) is 15.2. The molecule has 0 saturated heterocycles. The molecule has 0 aliphatic carbocycles. The lowest BCUT2D eigenvalue weighted by Crippen LogP contribution is -2.27. The highest BCUT2D eigenvalue weighted by molar-refractivity contribution is 7.99. The fourth-order valence-electron chi connectivity index (χ4n) is 3.00. The van der Waals surface area contributed by atoms with Gasteiger partial charge in [-0.25, -0.2) is 0 Å². The second-order valence-electron chi connectivity index (χ2n) is 6.41. The topological polar surface area (TPSA) is 68.5 Å². The zero-order chi connectivity index (χ0) is 21.6. The number of carbonyl (C=O) groups excluding carboxylic acids is 1. The first-order valence-electron chi connectivity index (χ1n) is 9.39. The summed E-state index contributed by atoms with van der Waals surface area (Å²) in [5, 5.41) is 8.94. The molecule has 1 amide bonds. The molecule has 0 atom stereocenters. The number of carbonyl (C=O) groups is 1. The van der Waals surface area contributed by atoms with Gasteiger partial charge in [0.2, 0.25) is 5.91 Å². The van der Waals surface area contributed by atoms with Gasteiger partial charge in [-0.15, -0.1) is 10.2 Å². The van der Waals surface area contributed by atoms with Crippen LogP contribution in [0.3, 0.4) is 0 Å². The fourth-order valence-corrected chi connectivity index (χ4v) is 3.79. The van der Waals surface area contributed by atoms with E-state index in [1.807, 2.05) is 60.7 Å². The van der Waals surface area contributed by atoms with E-state index in [1.165, 1.54) is 11.8 Å². The first-order valence-corrected chi connectivity index (χ1v) is 10.8. The Balaban J connectivity index is 1.52. The van der Waals surface area contributed by atoms with Gasteiger partial charge in [-0.1, -0.05) is 59.8 Å². The highest BCUT2D eigenvalue weighted by atomic mass is 35.5. The number of amides is 1. The van der Waals surface area contributed by atoms with E-state index >= 15 is 0 Å². The molecule has 0 N–H and O–H groups in total. The zero-order valence-electron chi connectivity index (χ0n) is 16.6. The molecule has 8 heteroatoms. The SMILES string of the molecule is COc1ccc(Cl)cc1-c1nnc(SCC(=O)N(c2ccccc2)c2ccccc2)o1. The van der Waals surface area contributed by atoms with Gasteiger partial charge in [-0.3, -0.25) is 9.69 Å². The summed E-state index contributed by atoms with van der Waals surface area (Å²) >= 11 is 7.26. The van der Waals surface area contributed by atoms with Gasteiger partial charge in [0, 0.05) is 16.4 Å². The third kappa shape index (κ3) is 4.90. The largest absolute Gasteiger partial charge is 0.496 e. The summed E-state index contributed by atoms with van der Waals surface area (Å²) in [6, 6.07) is 24.1. The number of halogens is 1. The van der Waals surface area contributed by atoms with E-state index in [0.717, 1.165) is 11.4 Å². The van der Waals surface area contributed by atoms with Crippen molar-refractivity contribution >= 4 is 40.6 Å². The number of methoxy groups -OCH3 is 1. The van der Waals surface area contributed by atoms with Crippen LogP contribution >= 0.6 is 23.4 Å². The van der Waals surface area contributed by atoms with E-state index in [9.17, 15) is 4.79 Å². The summed E-state index contributed by atoms with van der Waals surface area (Å²) < 4.78 is 11.1. The second kappa shape index (κ2) is 9.68. The van der Waals surface area contributed by atoms with E-state index in [2.05, 4.69) is 10.2 Å². The summed E-state index contributed by atoms with van der Waals surface area (Å²) in [6.45, 7) is 0. The number of nitrogens with zero attached hydrogens (tertiary/aromatic N) is 3. The molecule has 0 saturated carbocycles. The van der Waals surface area contributed by atoms with Crippen LogP contribution in [0.4, 0.5) is 11.4 Å². The van der Waals surface area contributed by atoms with Crippen LogP contribution in [0.1, 0.15) is 0 Å². The van der Waals surface area contributed by atoms with Crippen LogP contribution in [0.5, 0.6) is 5.75 Å². The van der Waals surface area contributed by atoms with E-state index in [4.69, 9.17) is 20.8 Å². The molecule has 156 valence electrons. The van der Waals surface area contributed by atoms with Crippen molar-refractivity contribution in [3.63, 3.8) is 0 Å². The van der Waals surface area contributed by atoms with E-state index < -0.39 is 0 Å². The molecular weight excluding hydrogens is 434 g/mol. The number of hydrogen-bond donors (Lipinski definition) is 0. The number of thioether (sulfide) groups is 1. The molecule has 0 aliphatic heterocycles. The van der Waals surface area contributed by atoms with Gasteiger partial charge in [0.15, 0.2) is 0 Å². The Bertz CT molecular complexity index is 1130. The average Bonchev–Trinajstić information content (AvgIpc) is 3.28.